The Morgan fingerprint density at radius 1 is 1.07 bits per heavy atom. The number of nitrogens with one attached hydrogen (secondary N) is 1. The average molecular weight is 381 g/mol. The summed E-state index contributed by atoms with van der Waals surface area (Å²) in [5, 5.41) is 3.33. The van der Waals surface area contributed by atoms with Gasteiger partial charge < -0.3 is 10.1 Å². The number of carbonyl (C=O) groups is 1. The molecular formula is C18H13ClN6O2. The Bertz CT molecular complexity index is 1130. The second-order valence-corrected chi connectivity index (χ2v) is 5.85. The number of methoxy groups -OCH3 is 1. The van der Waals surface area contributed by atoms with Gasteiger partial charge in [-0.2, -0.15) is 4.98 Å². The number of fused-ring (bicyclic) bond motifs is 1. The van der Waals surface area contributed by atoms with Crippen molar-refractivity contribution in [3.8, 4) is 5.95 Å². The molecule has 1 N–H and O–H groups in total. The highest BCUT2D eigenvalue weighted by Crippen LogP contribution is 2.23. The second-order valence-electron chi connectivity index (χ2n) is 5.51. The minimum Gasteiger partial charge on any atom is -0.465 e. The fourth-order valence-electron chi connectivity index (χ4n) is 2.58. The number of para-hydroxylation sites is 2. The van der Waals surface area contributed by atoms with Crippen LogP contribution in [0.2, 0.25) is 5.28 Å². The molecule has 0 spiro atoms. The van der Waals surface area contributed by atoms with Gasteiger partial charge in [-0.15, -0.1) is 0 Å². The van der Waals surface area contributed by atoms with Crippen LogP contribution in [-0.4, -0.2) is 37.6 Å². The van der Waals surface area contributed by atoms with E-state index in [0.29, 0.717) is 23.1 Å². The Labute approximate surface area is 158 Å². The second kappa shape index (κ2) is 7.00. The molecule has 0 fully saturated rings. The molecule has 2 heterocycles. The van der Waals surface area contributed by atoms with Gasteiger partial charge in [0.15, 0.2) is 0 Å². The largest absolute Gasteiger partial charge is 0.465 e. The first kappa shape index (κ1) is 16.9. The van der Waals surface area contributed by atoms with E-state index in [1.807, 2.05) is 24.3 Å². The topological polar surface area (TPSA) is 94.8 Å². The van der Waals surface area contributed by atoms with Crippen molar-refractivity contribution in [2.75, 3.05) is 12.4 Å². The van der Waals surface area contributed by atoms with Crippen molar-refractivity contribution >= 4 is 40.2 Å². The van der Waals surface area contributed by atoms with Gasteiger partial charge >= 0.3 is 5.97 Å². The monoisotopic (exact) mass is 380 g/mol. The molecule has 0 atom stereocenters. The molecule has 0 saturated carbocycles. The number of imidazole rings is 1. The lowest BCUT2D eigenvalue weighted by Gasteiger charge is -2.08. The Kier molecular flexibility index (Phi) is 4.39. The van der Waals surface area contributed by atoms with Crippen LogP contribution in [0.25, 0.3) is 17.0 Å². The van der Waals surface area contributed by atoms with Gasteiger partial charge in [0.05, 0.1) is 23.7 Å². The normalized spacial score (nSPS) is 10.7. The highest BCUT2D eigenvalue weighted by molar-refractivity contribution is 6.29. The van der Waals surface area contributed by atoms with Gasteiger partial charge in [0.25, 0.3) is 0 Å². The third-order valence-corrected chi connectivity index (χ3v) is 4.09. The van der Waals surface area contributed by atoms with Gasteiger partial charge in [0.2, 0.25) is 17.2 Å². The van der Waals surface area contributed by atoms with Crippen LogP contribution >= 0.6 is 11.6 Å². The summed E-state index contributed by atoms with van der Waals surface area (Å²) in [4.78, 5) is 28.5. The van der Waals surface area contributed by atoms with Gasteiger partial charge in [-0.3, -0.25) is 4.57 Å². The maximum Gasteiger partial charge on any atom is 0.337 e. The number of benzene rings is 2. The smallest absolute Gasteiger partial charge is 0.337 e. The number of halogens is 1. The number of hydrogen-bond donors (Lipinski definition) is 1. The lowest BCUT2D eigenvalue weighted by atomic mass is 10.2. The highest BCUT2D eigenvalue weighted by atomic mass is 35.5. The number of hydrogen-bond acceptors (Lipinski definition) is 7. The first-order valence-corrected chi connectivity index (χ1v) is 8.31. The first-order chi connectivity index (χ1) is 13.2. The van der Waals surface area contributed by atoms with Gasteiger partial charge in [0.1, 0.15) is 6.33 Å². The molecule has 0 aliphatic rings. The molecule has 0 bridgehead atoms. The molecule has 2 aromatic heterocycles. The number of carbonyl (C=O) groups excluding carboxylic acids is 1. The first-order valence-electron chi connectivity index (χ1n) is 7.93. The number of nitrogens with zero attached hydrogens (tertiary/aromatic N) is 5. The Balaban J connectivity index is 1.65. The van der Waals surface area contributed by atoms with Crippen molar-refractivity contribution in [2.45, 2.75) is 0 Å². The molecule has 0 aliphatic heterocycles. The third kappa shape index (κ3) is 3.30. The van der Waals surface area contributed by atoms with Crippen LogP contribution in [-0.2, 0) is 4.74 Å². The lowest BCUT2D eigenvalue weighted by Crippen LogP contribution is -2.06. The maximum absolute atomic E-state index is 11.5. The zero-order valence-electron chi connectivity index (χ0n) is 14.1. The van der Waals surface area contributed by atoms with Crippen molar-refractivity contribution in [1.82, 2.24) is 24.5 Å². The SMILES string of the molecule is COC(=O)c1ccc(Nc2ncnc(-n3c(Cl)nc4ccccc43)n2)cc1. The summed E-state index contributed by atoms with van der Waals surface area (Å²) >= 11 is 6.26. The Hall–Kier alpha value is -3.52. The number of anilines is 2. The Morgan fingerprint density at radius 3 is 2.63 bits per heavy atom. The third-order valence-electron chi connectivity index (χ3n) is 3.84. The van der Waals surface area contributed by atoms with E-state index in [4.69, 9.17) is 11.6 Å². The molecule has 2 aromatic carbocycles. The molecule has 8 nitrogen and oxygen atoms in total. The van der Waals surface area contributed by atoms with Crippen molar-refractivity contribution < 1.29 is 9.53 Å². The van der Waals surface area contributed by atoms with E-state index in [-0.39, 0.29) is 5.28 Å². The zero-order valence-corrected chi connectivity index (χ0v) is 14.9. The van der Waals surface area contributed by atoms with Crippen molar-refractivity contribution in [3.63, 3.8) is 0 Å². The molecule has 9 heteroatoms. The predicted molar refractivity (Wildman–Crippen MR) is 101 cm³/mol. The van der Waals surface area contributed by atoms with Gasteiger partial charge in [-0.1, -0.05) is 12.1 Å². The van der Waals surface area contributed by atoms with E-state index in [9.17, 15) is 4.79 Å². The predicted octanol–water partition coefficient (Wildman–Crippen LogP) is 3.39. The number of ether oxygens (including phenoxy) is 1. The highest BCUT2D eigenvalue weighted by Gasteiger charge is 2.13. The Morgan fingerprint density at radius 2 is 1.85 bits per heavy atom. The number of rotatable bonds is 4. The van der Waals surface area contributed by atoms with Crippen LogP contribution < -0.4 is 5.32 Å². The zero-order chi connectivity index (χ0) is 18.8. The number of esters is 1. The molecule has 0 radical (unpaired) electrons. The molecule has 0 saturated heterocycles. The van der Waals surface area contributed by atoms with E-state index in [0.717, 1.165) is 11.0 Å². The molecule has 0 unspecified atom stereocenters. The molecule has 27 heavy (non-hydrogen) atoms. The van der Waals surface area contributed by atoms with E-state index in [1.54, 1.807) is 28.8 Å². The van der Waals surface area contributed by atoms with E-state index >= 15 is 0 Å². The molecule has 134 valence electrons. The molecule has 0 amide bonds. The van der Waals surface area contributed by atoms with Gasteiger partial charge in [0, 0.05) is 5.69 Å². The summed E-state index contributed by atoms with van der Waals surface area (Å²) in [6.45, 7) is 0. The quantitative estimate of drug-likeness (QED) is 0.542. The lowest BCUT2D eigenvalue weighted by molar-refractivity contribution is 0.0601. The summed E-state index contributed by atoms with van der Waals surface area (Å²) < 4.78 is 6.33. The van der Waals surface area contributed by atoms with Crippen LogP contribution in [0, 0.1) is 0 Å². The van der Waals surface area contributed by atoms with Crippen LogP contribution in [0.1, 0.15) is 10.4 Å². The number of aromatic nitrogens is 5. The summed E-state index contributed by atoms with van der Waals surface area (Å²) in [7, 11) is 1.34. The van der Waals surface area contributed by atoms with Crippen LogP contribution in [0.5, 0.6) is 0 Å². The van der Waals surface area contributed by atoms with E-state index in [2.05, 4.69) is 30.0 Å². The van der Waals surface area contributed by atoms with Gasteiger partial charge in [-0.25, -0.2) is 19.7 Å². The summed E-state index contributed by atoms with van der Waals surface area (Å²) in [5.41, 5.74) is 2.70. The minimum absolute atomic E-state index is 0.260. The summed E-state index contributed by atoms with van der Waals surface area (Å²) in [6.07, 6.45) is 1.39. The van der Waals surface area contributed by atoms with Crippen molar-refractivity contribution in [1.29, 1.82) is 0 Å². The molecule has 0 aliphatic carbocycles. The molecule has 4 rings (SSSR count). The van der Waals surface area contributed by atoms with Crippen LogP contribution in [0.4, 0.5) is 11.6 Å². The van der Waals surface area contributed by atoms with Crippen molar-refractivity contribution in [3.05, 3.63) is 65.7 Å². The van der Waals surface area contributed by atoms with Gasteiger partial charge in [-0.05, 0) is 48.0 Å². The van der Waals surface area contributed by atoms with Crippen LogP contribution in [0.3, 0.4) is 0 Å². The fourth-order valence-corrected chi connectivity index (χ4v) is 2.84. The summed E-state index contributed by atoms with van der Waals surface area (Å²) in [6, 6.07) is 14.3. The van der Waals surface area contributed by atoms with E-state index < -0.39 is 5.97 Å². The minimum atomic E-state index is -0.398. The summed E-state index contributed by atoms with van der Waals surface area (Å²) in [5.74, 6) is 0.280. The molecular weight excluding hydrogens is 368 g/mol. The van der Waals surface area contributed by atoms with Crippen molar-refractivity contribution in [2.24, 2.45) is 0 Å². The van der Waals surface area contributed by atoms with Crippen LogP contribution in [0.15, 0.2) is 54.9 Å². The molecule has 4 aromatic rings. The average Bonchev–Trinajstić information content (AvgIpc) is 3.04. The standard InChI is InChI=1S/C18H13ClN6O2/c1-27-15(26)11-6-8-12(9-7-11)22-17-20-10-21-18(24-17)25-14-5-3-2-4-13(14)23-16(25)19/h2-10H,1H3,(H,20,21,22,24). The van der Waals surface area contributed by atoms with E-state index in [1.165, 1.54) is 13.4 Å². The maximum atomic E-state index is 11.5. The fraction of sp³-hybridized carbons (Fsp3) is 0.0556.